The van der Waals surface area contributed by atoms with E-state index in [0.29, 0.717) is 42.4 Å². The fourth-order valence-electron chi connectivity index (χ4n) is 3.30. The lowest BCUT2D eigenvalue weighted by Gasteiger charge is -2.23. The Kier molecular flexibility index (Phi) is 7.83. The maximum atomic E-state index is 12.6. The highest BCUT2D eigenvalue weighted by atomic mass is 35.5. The van der Waals surface area contributed by atoms with Gasteiger partial charge in [-0.2, -0.15) is 0 Å². The van der Waals surface area contributed by atoms with E-state index in [0.717, 1.165) is 18.8 Å². The SMILES string of the molecule is CCOC(=O)c1ccc(N2CCCN(C(=O)CNC(=O)c3cccc(Cl)c3)CC2)nc1. The van der Waals surface area contributed by atoms with Gasteiger partial charge in [0.2, 0.25) is 5.91 Å². The van der Waals surface area contributed by atoms with Crippen LogP contribution in [0.15, 0.2) is 42.6 Å². The summed E-state index contributed by atoms with van der Waals surface area (Å²) in [6.45, 7) is 4.47. The Hall–Kier alpha value is -3.13. The summed E-state index contributed by atoms with van der Waals surface area (Å²) < 4.78 is 4.97. The zero-order valence-corrected chi connectivity index (χ0v) is 18.1. The maximum absolute atomic E-state index is 12.6. The van der Waals surface area contributed by atoms with Crippen LogP contribution in [0.25, 0.3) is 0 Å². The fourth-order valence-corrected chi connectivity index (χ4v) is 3.49. The van der Waals surface area contributed by atoms with E-state index in [1.807, 2.05) is 0 Å². The molecule has 9 heteroatoms. The number of benzene rings is 1. The van der Waals surface area contributed by atoms with Crippen LogP contribution < -0.4 is 10.2 Å². The molecule has 0 radical (unpaired) electrons. The minimum atomic E-state index is -0.394. The van der Waals surface area contributed by atoms with Crippen molar-refractivity contribution in [1.29, 1.82) is 0 Å². The molecule has 0 spiro atoms. The van der Waals surface area contributed by atoms with Crippen LogP contribution in [0.5, 0.6) is 0 Å². The van der Waals surface area contributed by atoms with E-state index < -0.39 is 5.97 Å². The van der Waals surface area contributed by atoms with Crippen molar-refractivity contribution < 1.29 is 19.1 Å². The number of anilines is 1. The van der Waals surface area contributed by atoms with Crippen LogP contribution in [0.1, 0.15) is 34.1 Å². The molecule has 31 heavy (non-hydrogen) atoms. The van der Waals surface area contributed by atoms with Gasteiger partial charge in [-0.25, -0.2) is 9.78 Å². The first-order valence-electron chi connectivity index (χ1n) is 10.2. The van der Waals surface area contributed by atoms with Crippen molar-refractivity contribution in [2.75, 3.05) is 44.2 Å². The number of rotatable bonds is 6. The number of nitrogens with one attached hydrogen (secondary N) is 1. The van der Waals surface area contributed by atoms with Crippen LogP contribution in [0.2, 0.25) is 5.02 Å². The van der Waals surface area contributed by atoms with Gasteiger partial charge in [0.1, 0.15) is 5.82 Å². The van der Waals surface area contributed by atoms with Gasteiger partial charge in [0.05, 0.1) is 18.7 Å². The largest absolute Gasteiger partial charge is 0.462 e. The maximum Gasteiger partial charge on any atom is 0.339 e. The summed E-state index contributed by atoms with van der Waals surface area (Å²) >= 11 is 5.91. The molecule has 8 nitrogen and oxygen atoms in total. The van der Waals surface area contributed by atoms with Crippen LogP contribution in [0.3, 0.4) is 0 Å². The minimum absolute atomic E-state index is 0.0716. The zero-order valence-electron chi connectivity index (χ0n) is 17.3. The van der Waals surface area contributed by atoms with Crippen LogP contribution in [0.4, 0.5) is 5.82 Å². The molecule has 0 bridgehead atoms. The molecule has 1 aliphatic heterocycles. The summed E-state index contributed by atoms with van der Waals surface area (Å²) in [4.78, 5) is 44.7. The van der Waals surface area contributed by atoms with E-state index in [2.05, 4.69) is 15.2 Å². The quantitative estimate of drug-likeness (QED) is 0.688. The normalized spacial score (nSPS) is 14.0. The van der Waals surface area contributed by atoms with Crippen LogP contribution >= 0.6 is 11.6 Å². The fraction of sp³-hybridized carbons (Fsp3) is 0.364. The number of aromatic nitrogens is 1. The van der Waals surface area contributed by atoms with Gasteiger partial charge >= 0.3 is 5.97 Å². The first kappa shape index (κ1) is 22.6. The topological polar surface area (TPSA) is 91.8 Å². The molecule has 1 aromatic carbocycles. The Bertz CT molecular complexity index is 935. The lowest BCUT2D eigenvalue weighted by Crippen LogP contribution is -2.42. The lowest BCUT2D eigenvalue weighted by atomic mass is 10.2. The number of nitrogens with zero attached hydrogens (tertiary/aromatic N) is 3. The van der Waals surface area contributed by atoms with Crippen molar-refractivity contribution in [3.63, 3.8) is 0 Å². The molecule has 0 saturated carbocycles. The lowest BCUT2D eigenvalue weighted by molar-refractivity contribution is -0.129. The number of carbonyl (C=O) groups is 3. The summed E-state index contributed by atoms with van der Waals surface area (Å²) in [6, 6.07) is 10.1. The molecule has 0 atom stereocenters. The highest BCUT2D eigenvalue weighted by Crippen LogP contribution is 2.15. The van der Waals surface area contributed by atoms with E-state index in [9.17, 15) is 14.4 Å². The average molecular weight is 445 g/mol. The van der Waals surface area contributed by atoms with E-state index >= 15 is 0 Å². The van der Waals surface area contributed by atoms with E-state index in [4.69, 9.17) is 16.3 Å². The second kappa shape index (κ2) is 10.8. The number of halogens is 1. The van der Waals surface area contributed by atoms with Gasteiger partial charge in [-0.15, -0.1) is 0 Å². The monoisotopic (exact) mass is 444 g/mol. The van der Waals surface area contributed by atoms with Crippen molar-refractivity contribution in [2.45, 2.75) is 13.3 Å². The number of hydrogen-bond donors (Lipinski definition) is 1. The molecular formula is C22H25ClN4O4. The Morgan fingerprint density at radius 3 is 2.65 bits per heavy atom. The second-order valence-electron chi connectivity index (χ2n) is 7.04. The molecule has 2 amide bonds. The molecule has 164 valence electrons. The van der Waals surface area contributed by atoms with Gasteiger partial charge in [-0.3, -0.25) is 9.59 Å². The number of pyridine rings is 1. The predicted octanol–water partition coefficient (Wildman–Crippen LogP) is 2.38. The van der Waals surface area contributed by atoms with E-state index in [-0.39, 0.29) is 18.4 Å². The van der Waals surface area contributed by atoms with Crippen LogP contribution in [-0.2, 0) is 9.53 Å². The first-order chi connectivity index (χ1) is 15.0. The Morgan fingerprint density at radius 2 is 1.94 bits per heavy atom. The average Bonchev–Trinajstić information content (AvgIpc) is 3.04. The van der Waals surface area contributed by atoms with Crippen molar-refractivity contribution >= 4 is 35.2 Å². The third-order valence-electron chi connectivity index (χ3n) is 4.92. The second-order valence-corrected chi connectivity index (χ2v) is 7.48. The summed E-state index contributed by atoms with van der Waals surface area (Å²) in [5, 5.41) is 3.12. The Morgan fingerprint density at radius 1 is 1.10 bits per heavy atom. The summed E-state index contributed by atoms with van der Waals surface area (Å²) in [5.74, 6) is -0.119. The number of ether oxygens (including phenoxy) is 1. The first-order valence-corrected chi connectivity index (χ1v) is 10.6. The van der Waals surface area contributed by atoms with Crippen LogP contribution in [-0.4, -0.2) is 67.0 Å². The smallest absolute Gasteiger partial charge is 0.339 e. The molecular weight excluding hydrogens is 420 g/mol. The molecule has 0 aliphatic carbocycles. The van der Waals surface area contributed by atoms with Crippen molar-refractivity contribution in [3.8, 4) is 0 Å². The van der Waals surface area contributed by atoms with Crippen molar-refractivity contribution in [1.82, 2.24) is 15.2 Å². The van der Waals surface area contributed by atoms with E-state index in [1.165, 1.54) is 6.20 Å². The van der Waals surface area contributed by atoms with Crippen LogP contribution in [0, 0.1) is 0 Å². The number of amides is 2. The Balaban J connectivity index is 1.51. The minimum Gasteiger partial charge on any atom is -0.462 e. The molecule has 1 N–H and O–H groups in total. The third kappa shape index (κ3) is 6.18. The predicted molar refractivity (Wildman–Crippen MR) is 117 cm³/mol. The molecule has 3 rings (SSSR count). The van der Waals surface area contributed by atoms with Crippen molar-refractivity contribution in [2.24, 2.45) is 0 Å². The molecule has 1 aromatic heterocycles. The van der Waals surface area contributed by atoms with Gasteiger partial charge < -0.3 is 19.9 Å². The highest BCUT2D eigenvalue weighted by Gasteiger charge is 2.21. The van der Waals surface area contributed by atoms with Gasteiger partial charge in [0.15, 0.2) is 0 Å². The molecule has 2 aromatic rings. The van der Waals surface area contributed by atoms with Crippen molar-refractivity contribution in [3.05, 3.63) is 58.7 Å². The molecule has 1 fully saturated rings. The summed E-state index contributed by atoms with van der Waals surface area (Å²) in [5.41, 5.74) is 0.826. The number of carbonyl (C=O) groups excluding carboxylic acids is 3. The molecule has 1 aliphatic rings. The zero-order chi connectivity index (χ0) is 22.2. The standard InChI is InChI=1S/C22H25ClN4O4/c1-2-31-22(30)17-7-8-19(24-14-17)26-9-4-10-27(12-11-26)20(28)15-25-21(29)16-5-3-6-18(23)13-16/h3,5-8,13-14H,2,4,9-12,15H2,1H3,(H,25,29). The van der Waals surface area contributed by atoms with E-state index in [1.54, 1.807) is 48.2 Å². The van der Waals surface area contributed by atoms with Gasteiger partial charge in [-0.05, 0) is 43.7 Å². The van der Waals surface area contributed by atoms with Gasteiger partial charge in [0.25, 0.3) is 5.91 Å². The molecule has 2 heterocycles. The van der Waals surface area contributed by atoms with Gasteiger partial charge in [-0.1, -0.05) is 17.7 Å². The number of hydrogen-bond acceptors (Lipinski definition) is 6. The van der Waals surface area contributed by atoms with Gasteiger partial charge in [0, 0.05) is 43.0 Å². The number of esters is 1. The highest BCUT2D eigenvalue weighted by molar-refractivity contribution is 6.31. The summed E-state index contributed by atoms with van der Waals surface area (Å²) in [7, 11) is 0. The molecule has 1 saturated heterocycles. The summed E-state index contributed by atoms with van der Waals surface area (Å²) in [6.07, 6.45) is 2.28. The third-order valence-corrected chi connectivity index (χ3v) is 5.15. The molecule has 0 unspecified atom stereocenters. The Labute approximate surface area is 186 Å².